The number of thioether (sulfide) groups is 1. The summed E-state index contributed by atoms with van der Waals surface area (Å²) in [6.45, 7) is 7.29. The molecular formula is C17H23BrFNO3S. The van der Waals surface area contributed by atoms with Gasteiger partial charge in [-0.15, -0.1) is 11.8 Å². The molecule has 1 unspecified atom stereocenters. The van der Waals surface area contributed by atoms with Gasteiger partial charge in [-0.3, -0.25) is 9.59 Å². The normalized spacial score (nSPS) is 12.1. The Balaban J connectivity index is 3.03. The highest BCUT2D eigenvalue weighted by atomic mass is 79.9. The molecule has 0 saturated heterocycles. The number of benzene rings is 1. The maximum atomic E-state index is 14.0. The highest BCUT2D eigenvalue weighted by Gasteiger charge is 2.23. The molecule has 1 atom stereocenters. The van der Waals surface area contributed by atoms with Crippen LogP contribution in [0.15, 0.2) is 21.5 Å². The number of rotatable bonds is 8. The second-order valence-corrected chi connectivity index (χ2v) is 7.64. The third-order valence-electron chi connectivity index (χ3n) is 3.05. The number of carbonyl (C=O) groups is 2. The first kappa shape index (κ1) is 21.0. The molecular weight excluding hydrogens is 397 g/mol. The van der Waals surface area contributed by atoms with Crippen LogP contribution in [0.25, 0.3) is 0 Å². The van der Waals surface area contributed by atoms with Crippen LogP contribution in [-0.2, 0) is 14.3 Å². The van der Waals surface area contributed by atoms with Gasteiger partial charge in [0, 0.05) is 15.8 Å². The van der Waals surface area contributed by atoms with Crippen molar-refractivity contribution in [1.29, 1.82) is 0 Å². The molecule has 0 aromatic heterocycles. The van der Waals surface area contributed by atoms with Crippen LogP contribution in [0.5, 0.6) is 0 Å². The van der Waals surface area contributed by atoms with Gasteiger partial charge in [0.05, 0.1) is 11.8 Å². The third-order valence-corrected chi connectivity index (χ3v) is 5.27. The molecule has 0 bridgehead atoms. The molecule has 0 radical (unpaired) electrons. The van der Waals surface area contributed by atoms with E-state index in [1.54, 1.807) is 26.8 Å². The number of hydrogen-bond acceptors (Lipinski definition) is 4. The third kappa shape index (κ3) is 6.43. The fourth-order valence-electron chi connectivity index (χ4n) is 1.90. The zero-order chi connectivity index (χ0) is 18.3. The van der Waals surface area contributed by atoms with E-state index in [9.17, 15) is 14.0 Å². The van der Waals surface area contributed by atoms with Crippen LogP contribution in [0.2, 0.25) is 0 Å². The van der Waals surface area contributed by atoms with Crippen LogP contribution in [0.3, 0.4) is 0 Å². The molecule has 0 aliphatic rings. The number of anilines is 1. The zero-order valence-electron chi connectivity index (χ0n) is 14.3. The first-order valence-corrected chi connectivity index (χ1v) is 9.61. The van der Waals surface area contributed by atoms with Crippen molar-refractivity contribution < 1.29 is 18.7 Å². The van der Waals surface area contributed by atoms with Gasteiger partial charge in [-0.2, -0.15) is 0 Å². The van der Waals surface area contributed by atoms with E-state index in [1.165, 1.54) is 17.8 Å². The Hall–Kier alpha value is -1.08. The fraction of sp³-hybridized carbons (Fsp3) is 0.529. The van der Waals surface area contributed by atoms with E-state index in [-0.39, 0.29) is 35.3 Å². The number of halogens is 2. The molecule has 1 aromatic carbocycles. The van der Waals surface area contributed by atoms with Gasteiger partial charge in [-0.05, 0) is 48.3 Å². The standard InChI is InChI=1S/C17H23BrFNO3S/c1-5-7-14(17(22)23-10(3)4)24-15-9-13(20-16(21)6-2)12(19)8-11(15)18/h8-10,14H,5-7H2,1-4H3,(H,20,21). The van der Waals surface area contributed by atoms with Crippen molar-refractivity contribution >= 4 is 45.3 Å². The summed E-state index contributed by atoms with van der Waals surface area (Å²) >= 11 is 4.63. The van der Waals surface area contributed by atoms with Crippen LogP contribution in [0, 0.1) is 5.82 Å². The lowest BCUT2D eigenvalue weighted by atomic mass is 10.2. The lowest BCUT2D eigenvalue weighted by molar-refractivity contribution is -0.146. The molecule has 0 heterocycles. The van der Waals surface area contributed by atoms with E-state index >= 15 is 0 Å². The molecule has 0 aliphatic heterocycles. The van der Waals surface area contributed by atoms with Crippen molar-refractivity contribution in [1.82, 2.24) is 0 Å². The van der Waals surface area contributed by atoms with E-state index in [4.69, 9.17) is 4.74 Å². The van der Waals surface area contributed by atoms with Gasteiger partial charge in [0.15, 0.2) is 0 Å². The van der Waals surface area contributed by atoms with Crippen LogP contribution < -0.4 is 5.32 Å². The maximum absolute atomic E-state index is 14.0. The van der Waals surface area contributed by atoms with Gasteiger partial charge in [-0.1, -0.05) is 20.3 Å². The second kappa shape index (κ2) is 10.0. The Morgan fingerprint density at radius 1 is 1.33 bits per heavy atom. The average molecular weight is 420 g/mol. The van der Waals surface area contributed by atoms with Crippen molar-refractivity contribution in [3.63, 3.8) is 0 Å². The molecule has 134 valence electrons. The van der Waals surface area contributed by atoms with Gasteiger partial charge >= 0.3 is 5.97 Å². The summed E-state index contributed by atoms with van der Waals surface area (Å²) < 4.78 is 19.8. The molecule has 0 saturated carbocycles. The van der Waals surface area contributed by atoms with Gasteiger partial charge in [-0.25, -0.2) is 4.39 Å². The predicted molar refractivity (Wildman–Crippen MR) is 98.8 cm³/mol. The predicted octanol–water partition coefficient (Wildman–Crippen LogP) is 5.15. The summed E-state index contributed by atoms with van der Waals surface area (Å²) in [4.78, 5) is 24.4. The number of amides is 1. The smallest absolute Gasteiger partial charge is 0.319 e. The summed E-state index contributed by atoms with van der Waals surface area (Å²) in [5.74, 6) is -1.08. The monoisotopic (exact) mass is 419 g/mol. The van der Waals surface area contributed by atoms with E-state index in [2.05, 4.69) is 21.2 Å². The first-order chi connectivity index (χ1) is 11.3. The number of esters is 1. The topological polar surface area (TPSA) is 55.4 Å². The van der Waals surface area contributed by atoms with E-state index in [1.807, 2.05) is 6.92 Å². The molecule has 24 heavy (non-hydrogen) atoms. The van der Waals surface area contributed by atoms with Crippen molar-refractivity contribution in [3.8, 4) is 0 Å². The fourth-order valence-corrected chi connectivity index (χ4v) is 3.67. The molecule has 4 nitrogen and oxygen atoms in total. The van der Waals surface area contributed by atoms with Crippen LogP contribution in [0.1, 0.15) is 47.0 Å². The SMILES string of the molecule is CCCC(Sc1cc(NC(=O)CC)c(F)cc1Br)C(=O)OC(C)C. The second-order valence-electron chi connectivity index (χ2n) is 5.55. The van der Waals surface area contributed by atoms with Crippen molar-refractivity contribution in [2.75, 3.05) is 5.32 Å². The van der Waals surface area contributed by atoms with Gasteiger partial charge < -0.3 is 10.1 Å². The lowest BCUT2D eigenvalue weighted by Crippen LogP contribution is -2.23. The molecule has 7 heteroatoms. The Labute approximate surface area is 155 Å². The molecule has 1 aromatic rings. The molecule has 0 fully saturated rings. The van der Waals surface area contributed by atoms with Crippen molar-refractivity contribution in [3.05, 3.63) is 22.4 Å². The maximum Gasteiger partial charge on any atom is 0.319 e. The Morgan fingerprint density at radius 2 is 2.00 bits per heavy atom. The minimum atomic E-state index is -0.523. The average Bonchev–Trinajstić information content (AvgIpc) is 2.50. The van der Waals surface area contributed by atoms with Gasteiger partial charge in [0.25, 0.3) is 0 Å². The quantitative estimate of drug-likeness (QED) is 0.467. The number of carbonyl (C=O) groups excluding carboxylic acids is 2. The van der Waals surface area contributed by atoms with E-state index in [0.717, 1.165) is 6.42 Å². The Kier molecular flexibility index (Phi) is 8.76. The summed E-state index contributed by atoms with van der Waals surface area (Å²) in [5, 5.41) is 2.15. The van der Waals surface area contributed by atoms with Gasteiger partial charge in [0.1, 0.15) is 11.1 Å². The number of ether oxygens (including phenoxy) is 1. The minimum Gasteiger partial charge on any atom is -0.462 e. The number of nitrogens with one attached hydrogen (secondary N) is 1. The minimum absolute atomic E-state index is 0.111. The highest BCUT2D eigenvalue weighted by molar-refractivity contribution is 9.10. The Morgan fingerprint density at radius 3 is 2.54 bits per heavy atom. The van der Waals surface area contributed by atoms with Crippen LogP contribution in [-0.4, -0.2) is 23.2 Å². The first-order valence-electron chi connectivity index (χ1n) is 7.94. The zero-order valence-corrected chi connectivity index (χ0v) is 16.7. The van der Waals surface area contributed by atoms with Crippen LogP contribution in [0.4, 0.5) is 10.1 Å². The lowest BCUT2D eigenvalue weighted by Gasteiger charge is -2.18. The van der Waals surface area contributed by atoms with Crippen LogP contribution >= 0.6 is 27.7 Å². The molecule has 0 aliphatic carbocycles. The largest absolute Gasteiger partial charge is 0.462 e. The molecule has 0 spiro atoms. The number of hydrogen-bond donors (Lipinski definition) is 1. The summed E-state index contributed by atoms with van der Waals surface area (Å²) in [6, 6.07) is 2.84. The summed E-state index contributed by atoms with van der Waals surface area (Å²) in [7, 11) is 0. The molecule has 1 rings (SSSR count). The summed E-state index contributed by atoms with van der Waals surface area (Å²) in [6.07, 6.45) is 1.55. The van der Waals surface area contributed by atoms with Crippen molar-refractivity contribution in [2.45, 2.75) is 63.2 Å². The van der Waals surface area contributed by atoms with Gasteiger partial charge in [0.2, 0.25) is 5.91 Å². The van der Waals surface area contributed by atoms with E-state index in [0.29, 0.717) is 15.8 Å². The molecule has 1 amide bonds. The van der Waals surface area contributed by atoms with E-state index < -0.39 is 5.82 Å². The summed E-state index contributed by atoms with van der Waals surface area (Å²) in [5.41, 5.74) is 0.111. The highest BCUT2D eigenvalue weighted by Crippen LogP contribution is 2.36. The molecule has 1 N–H and O–H groups in total. The van der Waals surface area contributed by atoms with Crippen molar-refractivity contribution in [2.24, 2.45) is 0 Å². The Bertz CT molecular complexity index is 595.